The second kappa shape index (κ2) is 7.80. The summed E-state index contributed by atoms with van der Waals surface area (Å²) in [5.74, 6) is 2.26. The number of benzene rings is 1. The summed E-state index contributed by atoms with van der Waals surface area (Å²) in [6.07, 6.45) is 4.38. The summed E-state index contributed by atoms with van der Waals surface area (Å²) in [6, 6.07) is 8.96. The number of aromatic nitrogens is 3. The Labute approximate surface area is 161 Å². The van der Waals surface area contributed by atoms with Crippen molar-refractivity contribution in [2.24, 2.45) is 0 Å². The van der Waals surface area contributed by atoms with Gasteiger partial charge in [-0.1, -0.05) is 30.7 Å². The van der Waals surface area contributed by atoms with Gasteiger partial charge in [-0.15, -0.1) is 10.2 Å². The lowest BCUT2D eigenvalue weighted by Gasteiger charge is -2.35. The number of fused-ring (bicyclic) bond motifs is 1. The SMILES string of the molecule is CC(=O)N1CCc2nnc(C3CCCCN3Cc3ccccc3C)n2CC1. The lowest BCUT2D eigenvalue weighted by molar-refractivity contribution is -0.128. The minimum absolute atomic E-state index is 0.147. The van der Waals surface area contributed by atoms with Crippen LogP contribution in [0.2, 0.25) is 0 Å². The first-order chi connectivity index (χ1) is 13.1. The normalized spacial score (nSPS) is 21.0. The molecule has 0 radical (unpaired) electrons. The lowest BCUT2D eigenvalue weighted by atomic mass is 9.99. The summed E-state index contributed by atoms with van der Waals surface area (Å²) >= 11 is 0. The van der Waals surface area contributed by atoms with Gasteiger partial charge in [-0.05, 0) is 37.4 Å². The van der Waals surface area contributed by atoms with Crippen LogP contribution in [0.4, 0.5) is 0 Å². The number of carbonyl (C=O) groups is 1. The number of aryl methyl sites for hydroxylation is 1. The van der Waals surface area contributed by atoms with Crippen LogP contribution in [0.5, 0.6) is 0 Å². The van der Waals surface area contributed by atoms with E-state index in [9.17, 15) is 4.79 Å². The van der Waals surface area contributed by atoms with Gasteiger partial charge in [0, 0.05) is 39.5 Å². The van der Waals surface area contributed by atoms with Gasteiger partial charge in [-0.3, -0.25) is 9.69 Å². The fraction of sp³-hybridized carbons (Fsp3) is 0.571. The standard InChI is InChI=1S/C21H29N5O/c1-16-7-3-4-8-18(16)15-25-11-6-5-9-19(25)21-23-22-20-10-12-24(17(2)27)13-14-26(20)21/h3-4,7-8,19H,5-6,9-15H2,1-2H3. The van der Waals surface area contributed by atoms with Crippen LogP contribution < -0.4 is 0 Å². The maximum absolute atomic E-state index is 11.8. The van der Waals surface area contributed by atoms with Gasteiger partial charge in [0.2, 0.25) is 5.91 Å². The lowest BCUT2D eigenvalue weighted by Crippen LogP contribution is -2.35. The number of carbonyl (C=O) groups excluding carboxylic acids is 1. The van der Waals surface area contributed by atoms with Crippen molar-refractivity contribution < 1.29 is 4.79 Å². The average molecular weight is 367 g/mol. The van der Waals surface area contributed by atoms with Crippen LogP contribution in [0.3, 0.4) is 0 Å². The van der Waals surface area contributed by atoms with E-state index in [1.165, 1.54) is 24.0 Å². The van der Waals surface area contributed by atoms with Gasteiger partial charge >= 0.3 is 0 Å². The number of likely N-dealkylation sites (tertiary alicyclic amines) is 1. The third-order valence-corrected chi connectivity index (χ3v) is 6.05. The van der Waals surface area contributed by atoms with Gasteiger partial charge in [0.05, 0.1) is 6.04 Å². The topological polar surface area (TPSA) is 54.3 Å². The highest BCUT2D eigenvalue weighted by Crippen LogP contribution is 2.32. The first-order valence-electron chi connectivity index (χ1n) is 10.1. The molecule has 3 heterocycles. The monoisotopic (exact) mass is 367 g/mol. The zero-order valence-corrected chi connectivity index (χ0v) is 16.4. The van der Waals surface area contributed by atoms with E-state index in [1.54, 1.807) is 6.92 Å². The highest BCUT2D eigenvalue weighted by molar-refractivity contribution is 5.73. The zero-order valence-electron chi connectivity index (χ0n) is 16.4. The molecule has 1 fully saturated rings. The highest BCUT2D eigenvalue weighted by Gasteiger charge is 2.30. The number of piperidine rings is 1. The average Bonchev–Trinajstić information content (AvgIpc) is 2.94. The summed E-state index contributed by atoms with van der Waals surface area (Å²) in [5, 5.41) is 9.11. The van der Waals surface area contributed by atoms with Crippen molar-refractivity contribution >= 4 is 5.91 Å². The Kier molecular flexibility index (Phi) is 5.25. The van der Waals surface area contributed by atoms with Crippen LogP contribution in [0, 0.1) is 6.92 Å². The minimum atomic E-state index is 0.147. The number of hydrogen-bond acceptors (Lipinski definition) is 4. The predicted molar refractivity (Wildman–Crippen MR) is 104 cm³/mol. The summed E-state index contributed by atoms with van der Waals surface area (Å²) in [5.41, 5.74) is 2.74. The number of amides is 1. The van der Waals surface area contributed by atoms with Gasteiger partial charge in [0.25, 0.3) is 0 Å². The third-order valence-electron chi connectivity index (χ3n) is 6.05. The van der Waals surface area contributed by atoms with Gasteiger partial charge in [-0.2, -0.15) is 0 Å². The van der Waals surface area contributed by atoms with Crippen LogP contribution in [-0.2, 0) is 24.3 Å². The van der Waals surface area contributed by atoms with Crippen LogP contribution in [0.15, 0.2) is 24.3 Å². The maximum atomic E-state index is 11.8. The van der Waals surface area contributed by atoms with Gasteiger partial charge in [0.15, 0.2) is 0 Å². The van der Waals surface area contributed by atoms with Crippen LogP contribution >= 0.6 is 0 Å². The molecule has 4 rings (SSSR count). The van der Waals surface area contributed by atoms with Crippen molar-refractivity contribution in [1.82, 2.24) is 24.6 Å². The third kappa shape index (κ3) is 3.76. The minimum Gasteiger partial charge on any atom is -0.341 e. The van der Waals surface area contributed by atoms with Crippen molar-refractivity contribution in [1.29, 1.82) is 0 Å². The number of rotatable bonds is 3. The molecule has 2 aliphatic heterocycles. The Morgan fingerprint density at radius 3 is 2.78 bits per heavy atom. The van der Waals surface area contributed by atoms with E-state index in [0.717, 1.165) is 57.2 Å². The molecule has 0 N–H and O–H groups in total. The van der Waals surface area contributed by atoms with Crippen LogP contribution in [0.1, 0.15) is 55.0 Å². The summed E-state index contributed by atoms with van der Waals surface area (Å²) < 4.78 is 2.28. The van der Waals surface area contributed by atoms with Gasteiger partial charge in [0.1, 0.15) is 11.6 Å². The molecule has 0 spiro atoms. The Morgan fingerprint density at radius 1 is 1.11 bits per heavy atom. The van der Waals surface area contributed by atoms with Crippen molar-refractivity contribution in [3.05, 3.63) is 47.0 Å². The number of hydrogen-bond donors (Lipinski definition) is 0. The molecule has 1 aromatic carbocycles. The van der Waals surface area contributed by atoms with Gasteiger partial charge in [-0.25, -0.2) is 0 Å². The summed E-state index contributed by atoms with van der Waals surface area (Å²) in [7, 11) is 0. The molecule has 0 aliphatic carbocycles. The number of nitrogens with zero attached hydrogens (tertiary/aromatic N) is 5. The van der Waals surface area contributed by atoms with Crippen LogP contribution in [-0.4, -0.2) is 50.1 Å². The molecule has 144 valence electrons. The van der Waals surface area contributed by atoms with Gasteiger partial charge < -0.3 is 9.47 Å². The highest BCUT2D eigenvalue weighted by atomic mass is 16.2. The van der Waals surface area contributed by atoms with E-state index in [4.69, 9.17) is 0 Å². The van der Waals surface area contributed by atoms with E-state index in [2.05, 4.69) is 50.9 Å². The second-order valence-corrected chi connectivity index (χ2v) is 7.79. The summed E-state index contributed by atoms with van der Waals surface area (Å²) in [4.78, 5) is 16.3. The first kappa shape index (κ1) is 18.2. The molecular weight excluding hydrogens is 338 g/mol. The quantitative estimate of drug-likeness (QED) is 0.837. The largest absolute Gasteiger partial charge is 0.341 e. The molecule has 2 aromatic rings. The van der Waals surface area contributed by atoms with E-state index < -0.39 is 0 Å². The molecule has 0 bridgehead atoms. The van der Waals surface area contributed by atoms with Crippen molar-refractivity contribution in [2.45, 2.75) is 58.7 Å². The fourth-order valence-electron chi connectivity index (χ4n) is 4.39. The molecule has 1 saturated heterocycles. The van der Waals surface area contributed by atoms with E-state index in [1.807, 2.05) is 4.90 Å². The molecule has 1 amide bonds. The maximum Gasteiger partial charge on any atom is 0.219 e. The van der Waals surface area contributed by atoms with Crippen molar-refractivity contribution in [3.8, 4) is 0 Å². The smallest absolute Gasteiger partial charge is 0.219 e. The molecule has 1 unspecified atom stereocenters. The Balaban J connectivity index is 1.58. The molecule has 6 heteroatoms. The predicted octanol–water partition coefficient (Wildman–Crippen LogP) is 2.72. The molecule has 27 heavy (non-hydrogen) atoms. The Morgan fingerprint density at radius 2 is 1.96 bits per heavy atom. The Hall–Kier alpha value is -2.21. The first-order valence-corrected chi connectivity index (χ1v) is 10.1. The zero-order chi connectivity index (χ0) is 18.8. The molecule has 1 aromatic heterocycles. The molecule has 6 nitrogen and oxygen atoms in total. The second-order valence-electron chi connectivity index (χ2n) is 7.79. The van der Waals surface area contributed by atoms with Crippen molar-refractivity contribution in [2.75, 3.05) is 19.6 Å². The molecular formula is C21H29N5O. The fourth-order valence-corrected chi connectivity index (χ4v) is 4.39. The van der Waals surface area contributed by atoms with E-state index in [0.29, 0.717) is 6.04 Å². The van der Waals surface area contributed by atoms with E-state index in [-0.39, 0.29) is 5.91 Å². The Bertz CT molecular complexity index is 815. The molecule has 1 atom stereocenters. The van der Waals surface area contributed by atoms with E-state index >= 15 is 0 Å². The van der Waals surface area contributed by atoms with Crippen LogP contribution in [0.25, 0.3) is 0 Å². The summed E-state index contributed by atoms with van der Waals surface area (Å²) in [6.45, 7) is 8.18. The molecule has 2 aliphatic rings. The molecule has 0 saturated carbocycles. The van der Waals surface area contributed by atoms with Crippen molar-refractivity contribution in [3.63, 3.8) is 0 Å².